The zero-order valence-corrected chi connectivity index (χ0v) is 15.6. The Bertz CT molecular complexity index is 594. The maximum Gasteiger partial charge on any atom is 0.410 e. The summed E-state index contributed by atoms with van der Waals surface area (Å²) in [6, 6.07) is 9.07. The Balaban J connectivity index is 2.83. The molecule has 0 aliphatic heterocycles. The molecular formula is C19H29N3O3. The standard InChI is InChI=1S/C19H29N3O3/c1-14(20)11-12-21-17(15-9-7-6-8-10-15)16(23)13-22(5)18(24)25-19(2,3)4/h6-12,16-17,20-21,23H,13H2,1-5H3/b12-11-,20-14?. The van der Waals surface area contributed by atoms with Crippen LogP contribution in [-0.2, 0) is 4.74 Å². The molecule has 0 radical (unpaired) electrons. The molecule has 0 aliphatic carbocycles. The molecule has 6 nitrogen and oxygen atoms in total. The number of carbonyl (C=O) groups excluding carboxylic acids is 1. The number of rotatable bonds is 7. The van der Waals surface area contributed by atoms with Gasteiger partial charge in [-0.2, -0.15) is 0 Å². The van der Waals surface area contributed by atoms with Gasteiger partial charge in [-0.1, -0.05) is 30.3 Å². The summed E-state index contributed by atoms with van der Waals surface area (Å²) in [6.45, 7) is 7.18. The van der Waals surface area contributed by atoms with Crippen LogP contribution in [0.25, 0.3) is 0 Å². The monoisotopic (exact) mass is 347 g/mol. The van der Waals surface area contributed by atoms with E-state index in [1.165, 1.54) is 4.90 Å². The molecule has 0 saturated heterocycles. The van der Waals surface area contributed by atoms with Gasteiger partial charge >= 0.3 is 6.09 Å². The van der Waals surface area contributed by atoms with Gasteiger partial charge in [0, 0.05) is 12.8 Å². The molecule has 138 valence electrons. The number of nitrogens with zero attached hydrogens (tertiary/aromatic N) is 1. The van der Waals surface area contributed by atoms with E-state index in [1.54, 1.807) is 47.0 Å². The highest BCUT2D eigenvalue weighted by atomic mass is 16.6. The van der Waals surface area contributed by atoms with Crippen molar-refractivity contribution in [3.05, 3.63) is 48.2 Å². The number of allylic oxidation sites excluding steroid dienone is 1. The predicted octanol–water partition coefficient (Wildman–Crippen LogP) is 3.10. The third-order valence-electron chi connectivity index (χ3n) is 3.32. The minimum absolute atomic E-state index is 0.110. The van der Waals surface area contributed by atoms with Crippen LogP contribution in [0.2, 0.25) is 0 Å². The largest absolute Gasteiger partial charge is 0.444 e. The maximum atomic E-state index is 12.1. The number of amides is 1. The van der Waals surface area contributed by atoms with Crippen LogP contribution < -0.4 is 5.32 Å². The lowest BCUT2D eigenvalue weighted by atomic mass is 10.0. The smallest absolute Gasteiger partial charge is 0.410 e. The first-order valence-electron chi connectivity index (χ1n) is 8.25. The Labute approximate surface area is 150 Å². The Kier molecular flexibility index (Phi) is 7.64. The van der Waals surface area contributed by atoms with E-state index in [4.69, 9.17) is 10.1 Å². The summed E-state index contributed by atoms with van der Waals surface area (Å²) in [7, 11) is 1.59. The first-order chi connectivity index (χ1) is 11.6. The molecule has 0 aromatic heterocycles. The molecule has 1 amide bonds. The molecule has 3 N–H and O–H groups in total. The number of hydrogen-bond donors (Lipinski definition) is 3. The van der Waals surface area contributed by atoms with Gasteiger partial charge in [-0.15, -0.1) is 0 Å². The molecule has 1 aromatic carbocycles. The minimum atomic E-state index is -0.851. The van der Waals surface area contributed by atoms with E-state index in [0.717, 1.165) is 5.56 Å². The van der Waals surface area contributed by atoms with E-state index in [2.05, 4.69) is 5.32 Å². The summed E-state index contributed by atoms with van der Waals surface area (Å²) in [5.74, 6) is 0. The Morgan fingerprint density at radius 1 is 1.36 bits per heavy atom. The number of hydrogen-bond acceptors (Lipinski definition) is 5. The second kappa shape index (κ2) is 9.22. The molecule has 1 aromatic rings. The van der Waals surface area contributed by atoms with E-state index in [0.29, 0.717) is 5.71 Å². The third-order valence-corrected chi connectivity index (χ3v) is 3.32. The molecule has 0 heterocycles. The average Bonchev–Trinajstić information content (AvgIpc) is 2.50. The lowest BCUT2D eigenvalue weighted by molar-refractivity contribution is 0.0170. The molecule has 2 unspecified atom stereocenters. The second-order valence-corrected chi connectivity index (χ2v) is 7.00. The van der Waals surface area contributed by atoms with Gasteiger partial charge in [-0.3, -0.25) is 0 Å². The molecule has 6 heteroatoms. The predicted molar refractivity (Wildman–Crippen MR) is 99.7 cm³/mol. The second-order valence-electron chi connectivity index (χ2n) is 7.00. The molecule has 0 spiro atoms. The molecule has 25 heavy (non-hydrogen) atoms. The van der Waals surface area contributed by atoms with Crippen molar-refractivity contribution < 1.29 is 14.6 Å². The fraction of sp³-hybridized carbons (Fsp3) is 0.474. The SMILES string of the molecule is CC(=N)/C=C\NC(c1ccccc1)C(O)CN(C)C(=O)OC(C)(C)C. The van der Waals surface area contributed by atoms with Gasteiger partial charge < -0.3 is 25.5 Å². The van der Waals surface area contributed by atoms with Gasteiger partial charge in [-0.05, 0) is 45.5 Å². The van der Waals surface area contributed by atoms with Crippen molar-refractivity contribution in [2.24, 2.45) is 0 Å². The van der Waals surface area contributed by atoms with Crippen LogP contribution in [0.15, 0.2) is 42.6 Å². The van der Waals surface area contributed by atoms with Crippen LogP contribution in [0.1, 0.15) is 39.3 Å². The fourth-order valence-electron chi connectivity index (χ4n) is 2.17. The van der Waals surface area contributed by atoms with Crippen LogP contribution in [0.3, 0.4) is 0 Å². The summed E-state index contributed by atoms with van der Waals surface area (Å²) in [4.78, 5) is 13.4. The van der Waals surface area contributed by atoms with Gasteiger partial charge in [0.1, 0.15) is 5.60 Å². The molecule has 0 fully saturated rings. The highest BCUT2D eigenvalue weighted by molar-refractivity contribution is 5.89. The van der Waals surface area contributed by atoms with E-state index < -0.39 is 23.8 Å². The van der Waals surface area contributed by atoms with Crippen molar-refractivity contribution in [3.8, 4) is 0 Å². The van der Waals surface area contributed by atoms with E-state index in [-0.39, 0.29) is 6.54 Å². The van der Waals surface area contributed by atoms with Crippen LogP contribution in [-0.4, -0.2) is 47.1 Å². The van der Waals surface area contributed by atoms with Gasteiger partial charge in [0.15, 0.2) is 0 Å². The lowest BCUT2D eigenvalue weighted by Gasteiger charge is -2.29. The van der Waals surface area contributed by atoms with Gasteiger partial charge in [0.2, 0.25) is 0 Å². The number of benzene rings is 1. The van der Waals surface area contributed by atoms with Gasteiger partial charge in [0.05, 0.1) is 18.7 Å². The highest BCUT2D eigenvalue weighted by Crippen LogP contribution is 2.18. The fourth-order valence-corrected chi connectivity index (χ4v) is 2.17. The number of ether oxygens (including phenoxy) is 1. The first-order valence-corrected chi connectivity index (χ1v) is 8.25. The van der Waals surface area contributed by atoms with Crippen molar-refractivity contribution in [2.75, 3.05) is 13.6 Å². The van der Waals surface area contributed by atoms with Crippen molar-refractivity contribution in [3.63, 3.8) is 0 Å². The number of aliphatic hydroxyl groups excluding tert-OH is 1. The van der Waals surface area contributed by atoms with Gasteiger partial charge in [0.25, 0.3) is 0 Å². The van der Waals surface area contributed by atoms with Crippen molar-refractivity contribution in [2.45, 2.75) is 45.4 Å². The van der Waals surface area contributed by atoms with Gasteiger partial charge in [-0.25, -0.2) is 4.79 Å². The topological polar surface area (TPSA) is 85.7 Å². The van der Waals surface area contributed by atoms with Crippen molar-refractivity contribution in [1.82, 2.24) is 10.2 Å². The number of nitrogens with one attached hydrogen (secondary N) is 2. The Morgan fingerprint density at radius 3 is 2.48 bits per heavy atom. The van der Waals surface area contributed by atoms with E-state index in [9.17, 15) is 9.90 Å². The highest BCUT2D eigenvalue weighted by Gasteiger charge is 2.25. The summed E-state index contributed by atoms with van der Waals surface area (Å²) in [5, 5.41) is 21.2. The number of likely N-dealkylation sites (N-methyl/N-ethyl adjacent to an activating group) is 1. The van der Waals surface area contributed by atoms with Crippen LogP contribution in [0.4, 0.5) is 4.79 Å². The van der Waals surface area contributed by atoms with E-state index >= 15 is 0 Å². The number of carbonyl (C=O) groups is 1. The minimum Gasteiger partial charge on any atom is -0.444 e. The third kappa shape index (κ3) is 7.85. The normalized spacial score (nSPS) is 14.0. The van der Waals surface area contributed by atoms with E-state index in [1.807, 2.05) is 30.3 Å². The zero-order chi connectivity index (χ0) is 19.0. The summed E-state index contributed by atoms with van der Waals surface area (Å²) >= 11 is 0. The quantitative estimate of drug-likeness (QED) is 0.662. The van der Waals surface area contributed by atoms with Crippen LogP contribution in [0, 0.1) is 5.41 Å². The summed E-state index contributed by atoms with van der Waals surface area (Å²) in [5.41, 5.74) is 0.706. The molecule has 2 atom stereocenters. The van der Waals surface area contributed by atoms with Crippen molar-refractivity contribution >= 4 is 11.8 Å². The maximum absolute atomic E-state index is 12.1. The number of aliphatic hydroxyl groups is 1. The summed E-state index contributed by atoms with van der Waals surface area (Å²) < 4.78 is 5.31. The molecule has 0 saturated carbocycles. The molecule has 1 rings (SSSR count). The van der Waals surface area contributed by atoms with Crippen molar-refractivity contribution in [1.29, 1.82) is 5.41 Å². The molecule has 0 aliphatic rings. The Hall–Kier alpha value is -2.34. The Morgan fingerprint density at radius 2 is 1.96 bits per heavy atom. The molecular weight excluding hydrogens is 318 g/mol. The zero-order valence-electron chi connectivity index (χ0n) is 15.6. The average molecular weight is 347 g/mol. The van der Waals surface area contributed by atoms with Crippen LogP contribution >= 0.6 is 0 Å². The summed E-state index contributed by atoms with van der Waals surface area (Å²) in [6.07, 6.45) is 1.91. The van der Waals surface area contributed by atoms with Crippen LogP contribution in [0.5, 0.6) is 0 Å². The molecule has 0 bridgehead atoms. The lowest BCUT2D eigenvalue weighted by Crippen LogP contribution is -2.42. The first kappa shape index (κ1) is 20.7.